The largest absolute Gasteiger partial charge is 0.311 e. The van der Waals surface area contributed by atoms with Crippen LogP contribution in [-0.4, -0.2) is 20.4 Å². The third-order valence-corrected chi connectivity index (χ3v) is 7.10. The minimum absolute atomic E-state index is 0.0138. The summed E-state index contributed by atoms with van der Waals surface area (Å²) in [5.74, 6) is 0. The van der Waals surface area contributed by atoms with Crippen molar-refractivity contribution in [1.82, 2.24) is 9.34 Å². The highest BCUT2D eigenvalue weighted by molar-refractivity contribution is 7.48. The fourth-order valence-corrected chi connectivity index (χ4v) is 5.29. The number of rotatable bonds is 4. The van der Waals surface area contributed by atoms with Crippen LogP contribution in [0.4, 0.5) is 0 Å². The second-order valence-corrected chi connectivity index (χ2v) is 10.5. The van der Waals surface area contributed by atoms with Crippen molar-refractivity contribution in [3.63, 3.8) is 0 Å². The zero-order valence-electron chi connectivity index (χ0n) is 17.3. The van der Waals surface area contributed by atoms with Crippen molar-refractivity contribution >= 4 is 8.45 Å². The van der Waals surface area contributed by atoms with E-state index < -0.39 is 8.45 Å². The van der Waals surface area contributed by atoms with Gasteiger partial charge in [0.15, 0.2) is 0 Å². The van der Waals surface area contributed by atoms with Crippen molar-refractivity contribution in [1.29, 1.82) is 0 Å². The van der Waals surface area contributed by atoms with Crippen LogP contribution < -0.4 is 0 Å². The van der Waals surface area contributed by atoms with Crippen LogP contribution in [0, 0.1) is 0 Å². The lowest BCUT2D eigenvalue weighted by Gasteiger charge is -2.44. The summed E-state index contributed by atoms with van der Waals surface area (Å²) in [5, 5.41) is 0. The highest BCUT2D eigenvalue weighted by Crippen LogP contribution is 2.59. The minimum Gasteiger partial charge on any atom is -0.311 e. The topological polar surface area (TPSA) is 15.7 Å². The summed E-state index contributed by atoms with van der Waals surface area (Å²) in [7, 11) is -0.979. The molecule has 3 nitrogen and oxygen atoms in total. The Morgan fingerprint density at radius 3 is 1.37 bits per heavy atom. The molecule has 1 aliphatic heterocycles. The predicted octanol–water partition coefficient (Wildman–Crippen LogP) is 6.71. The molecule has 0 unspecified atom stereocenters. The molecule has 0 spiro atoms. The lowest BCUT2D eigenvalue weighted by Crippen LogP contribution is -2.39. The second kappa shape index (κ2) is 7.66. The number of benzene rings is 2. The average Bonchev–Trinajstić information content (AvgIpc) is 3.05. The number of hydrogen-bond acceptors (Lipinski definition) is 3. The third-order valence-electron chi connectivity index (χ3n) is 4.50. The van der Waals surface area contributed by atoms with E-state index in [1.807, 2.05) is 0 Å². The smallest absolute Gasteiger partial charge is 0.249 e. The lowest BCUT2D eigenvalue weighted by molar-refractivity contribution is 0.195. The molecule has 0 radical (unpaired) electrons. The Kier molecular flexibility index (Phi) is 5.65. The molecule has 27 heavy (non-hydrogen) atoms. The van der Waals surface area contributed by atoms with Gasteiger partial charge in [-0.05, 0) is 52.7 Å². The number of nitrogens with zero attached hydrogens (tertiary/aromatic N) is 2. The molecule has 0 atom stereocenters. The van der Waals surface area contributed by atoms with Crippen molar-refractivity contribution in [2.75, 3.05) is 0 Å². The van der Waals surface area contributed by atoms with Crippen molar-refractivity contribution in [3.05, 3.63) is 84.2 Å². The van der Waals surface area contributed by atoms with Gasteiger partial charge in [0.05, 0.1) is 0 Å². The zero-order chi connectivity index (χ0) is 19.7. The fourth-order valence-electron chi connectivity index (χ4n) is 3.07. The molecule has 144 valence electrons. The SMILES string of the molecule is CC(C)(C)N1C=CN(C(C)(C)C)P1OC(c1ccccc1)c1ccccc1. The van der Waals surface area contributed by atoms with E-state index in [0.29, 0.717) is 0 Å². The van der Waals surface area contributed by atoms with Crippen LogP contribution in [0.3, 0.4) is 0 Å². The zero-order valence-corrected chi connectivity index (χ0v) is 18.1. The lowest BCUT2D eigenvalue weighted by atomic mass is 10.0. The third kappa shape index (κ3) is 4.54. The Labute approximate surface area is 165 Å². The van der Waals surface area contributed by atoms with Gasteiger partial charge in [0.1, 0.15) is 6.10 Å². The maximum Gasteiger partial charge on any atom is 0.249 e. The molecule has 2 aromatic carbocycles. The van der Waals surface area contributed by atoms with Gasteiger partial charge in [0.25, 0.3) is 0 Å². The van der Waals surface area contributed by atoms with Crippen LogP contribution in [-0.2, 0) is 4.52 Å². The van der Waals surface area contributed by atoms with Crippen molar-refractivity contribution in [2.45, 2.75) is 58.7 Å². The van der Waals surface area contributed by atoms with Gasteiger partial charge in [-0.1, -0.05) is 60.7 Å². The van der Waals surface area contributed by atoms with E-state index in [4.69, 9.17) is 4.52 Å². The van der Waals surface area contributed by atoms with Gasteiger partial charge in [-0.25, -0.2) is 0 Å². The fraction of sp³-hybridized carbons (Fsp3) is 0.391. The van der Waals surface area contributed by atoms with E-state index in [2.05, 4.69) is 124 Å². The molecule has 1 heterocycles. The first-order valence-electron chi connectivity index (χ1n) is 9.51. The van der Waals surface area contributed by atoms with Gasteiger partial charge >= 0.3 is 0 Å². The maximum atomic E-state index is 6.92. The van der Waals surface area contributed by atoms with Crippen LogP contribution in [0.2, 0.25) is 0 Å². The average molecular weight is 382 g/mol. The predicted molar refractivity (Wildman–Crippen MR) is 115 cm³/mol. The summed E-state index contributed by atoms with van der Waals surface area (Å²) in [6.07, 6.45) is 4.27. The van der Waals surface area contributed by atoms with E-state index in [9.17, 15) is 0 Å². The van der Waals surface area contributed by atoms with Crippen molar-refractivity contribution in [3.8, 4) is 0 Å². The minimum atomic E-state index is -0.979. The summed E-state index contributed by atoms with van der Waals surface area (Å²) in [4.78, 5) is 0. The van der Waals surface area contributed by atoms with E-state index in [1.165, 1.54) is 11.1 Å². The molecule has 0 amide bonds. The Bertz CT molecular complexity index is 699. The molecular formula is C23H31N2OP. The Hall–Kier alpha value is -1.83. The first kappa shape index (κ1) is 19.9. The highest BCUT2D eigenvalue weighted by Gasteiger charge is 2.42. The van der Waals surface area contributed by atoms with Gasteiger partial charge in [-0.2, -0.15) is 0 Å². The Balaban J connectivity index is 2.00. The van der Waals surface area contributed by atoms with Gasteiger partial charge in [-0.3, -0.25) is 0 Å². The van der Waals surface area contributed by atoms with Crippen LogP contribution in [0.5, 0.6) is 0 Å². The first-order valence-corrected chi connectivity index (χ1v) is 10.7. The van der Waals surface area contributed by atoms with Gasteiger partial charge in [0.2, 0.25) is 8.45 Å². The summed E-state index contributed by atoms with van der Waals surface area (Å²) >= 11 is 0. The molecule has 1 aliphatic rings. The monoisotopic (exact) mass is 382 g/mol. The van der Waals surface area contributed by atoms with Crippen LogP contribution in [0.1, 0.15) is 58.8 Å². The van der Waals surface area contributed by atoms with E-state index >= 15 is 0 Å². The van der Waals surface area contributed by atoms with E-state index in [0.717, 1.165) is 0 Å². The summed E-state index contributed by atoms with van der Waals surface area (Å²) < 4.78 is 11.7. The van der Waals surface area contributed by atoms with E-state index in [-0.39, 0.29) is 17.2 Å². The van der Waals surface area contributed by atoms with E-state index in [1.54, 1.807) is 0 Å². The molecule has 0 aromatic heterocycles. The van der Waals surface area contributed by atoms with Gasteiger partial charge in [0, 0.05) is 23.5 Å². The quantitative estimate of drug-likeness (QED) is 0.547. The Morgan fingerprint density at radius 2 is 1.04 bits per heavy atom. The first-order chi connectivity index (χ1) is 12.7. The molecule has 4 heteroatoms. The summed E-state index contributed by atoms with van der Waals surface area (Å²) in [6, 6.07) is 21.0. The summed E-state index contributed by atoms with van der Waals surface area (Å²) in [5.41, 5.74) is 2.34. The molecule has 0 aliphatic carbocycles. The highest BCUT2D eigenvalue weighted by atomic mass is 31.2. The van der Waals surface area contributed by atoms with Crippen molar-refractivity contribution in [2.24, 2.45) is 0 Å². The maximum absolute atomic E-state index is 6.92. The molecular weight excluding hydrogens is 351 g/mol. The molecule has 0 bridgehead atoms. The normalized spacial score (nSPS) is 15.8. The molecule has 3 rings (SSSR count). The number of hydrogen-bond donors (Lipinski definition) is 0. The summed E-state index contributed by atoms with van der Waals surface area (Å²) in [6.45, 7) is 13.4. The standard InChI is InChI=1S/C23H31N2OP/c1-22(2,3)24-17-18-25(23(4,5)6)27(24)26-21(19-13-9-7-10-14-19)20-15-11-8-12-16-20/h7-18,21H,1-6H3. The Morgan fingerprint density at radius 1 is 0.667 bits per heavy atom. The molecule has 0 saturated heterocycles. The van der Waals surface area contributed by atoms with Crippen LogP contribution in [0.25, 0.3) is 0 Å². The molecule has 2 aromatic rings. The van der Waals surface area contributed by atoms with Crippen LogP contribution in [0.15, 0.2) is 73.1 Å². The van der Waals surface area contributed by atoms with Gasteiger partial charge in [-0.15, -0.1) is 0 Å². The molecule has 0 N–H and O–H groups in total. The van der Waals surface area contributed by atoms with Crippen molar-refractivity contribution < 1.29 is 4.52 Å². The second-order valence-electron chi connectivity index (χ2n) is 8.89. The van der Waals surface area contributed by atoms with Crippen LogP contribution >= 0.6 is 8.45 Å². The van der Waals surface area contributed by atoms with Gasteiger partial charge < -0.3 is 13.9 Å². The molecule has 0 saturated carbocycles. The molecule has 0 fully saturated rings.